The van der Waals surface area contributed by atoms with E-state index >= 15 is 0 Å². The summed E-state index contributed by atoms with van der Waals surface area (Å²) in [5, 5.41) is 0. The summed E-state index contributed by atoms with van der Waals surface area (Å²) in [4.78, 5) is 2.24. The number of hydrogen-bond acceptors (Lipinski definition) is 1. The van der Waals surface area contributed by atoms with Crippen molar-refractivity contribution in [2.24, 2.45) is 0 Å². The summed E-state index contributed by atoms with van der Waals surface area (Å²) in [6.07, 6.45) is 0. The zero-order chi connectivity index (χ0) is 22.5. The number of rotatable bonds is 0. The van der Waals surface area contributed by atoms with E-state index in [0.29, 0.717) is 0 Å². The van der Waals surface area contributed by atoms with Crippen molar-refractivity contribution in [1.29, 1.82) is 0 Å². The molecule has 7 heterocycles. The zero-order valence-corrected chi connectivity index (χ0v) is 19.7. The SMILES string of the molecule is CN1c2ccc(cc2)-c2ccc(cc2)C(C)(C)C(C)(C)c2ccc(cc2)-c2ccc1cc2. The van der Waals surface area contributed by atoms with E-state index < -0.39 is 0 Å². The summed E-state index contributed by atoms with van der Waals surface area (Å²) in [6, 6.07) is 36.0. The highest BCUT2D eigenvalue weighted by molar-refractivity contribution is 5.72. The molecular formula is C31H31N. The van der Waals surface area contributed by atoms with Crippen LogP contribution in [0, 0.1) is 0 Å². The lowest BCUT2D eigenvalue weighted by Crippen LogP contribution is -2.40. The smallest absolute Gasteiger partial charge is 0.0408 e. The Balaban J connectivity index is 1.70. The minimum atomic E-state index is -0.0236. The number of hydrogen-bond donors (Lipinski definition) is 0. The Labute approximate surface area is 192 Å². The van der Waals surface area contributed by atoms with E-state index in [1.54, 1.807) is 0 Å². The molecule has 0 amide bonds. The van der Waals surface area contributed by atoms with Gasteiger partial charge in [0.25, 0.3) is 0 Å². The lowest BCUT2D eigenvalue weighted by Gasteiger charge is -2.43. The van der Waals surface area contributed by atoms with Crippen LogP contribution in [0.3, 0.4) is 0 Å². The molecular weight excluding hydrogens is 386 g/mol. The molecule has 0 radical (unpaired) electrons. The molecule has 11 rings (SSSR count). The molecule has 0 fully saturated rings. The lowest BCUT2D eigenvalue weighted by atomic mass is 9.61. The van der Waals surface area contributed by atoms with Crippen molar-refractivity contribution < 1.29 is 0 Å². The highest BCUT2D eigenvalue weighted by Gasteiger charge is 2.39. The summed E-state index contributed by atoms with van der Waals surface area (Å²) >= 11 is 0. The van der Waals surface area contributed by atoms with Gasteiger partial charge in [0.15, 0.2) is 0 Å². The fraction of sp³-hybridized carbons (Fsp3) is 0.226. The highest BCUT2D eigenvalue weighted by Crippen LogP contribution is 2.44. The molecule has 8 bridgehead atoms. The molecule has 0 spiro atoms. The van der Waals surface area contributed by atoms with Crippen LogP contribution in [-0.4, -0.2) is 7.05 Å². The minimum Gasteiger partial charge on any atom is -0.345 e. The maximum atomic E-state index is 2.36. The first kappa shape index (κ1) is 20.6. The molecule has 0 N–H and O–H groups in total. The van der Waals surface area contributed by atoms with Crippen LogP contribution < -0.4 is 4.90 Å². The minimum absolute atomic E-state index is 0.0236. The highest BCUT2D eigenvalue weighted by atomic mass is 15.1. The van der Waals surface area contributed by atoms with Crippen LogP contribution in [0.15, 0.2) is 97.1 Å². The van der Waals surface area contributed by atoms with Crippen LogP contribution in [-0.2, 0) is 10.8 Å². The van der Waals surface area contributed by atoms with Gasteiger partial charge in [-0.2, -0.15) is 0 Å². The van der Waals surface area contributed by atoms with Gasteiger partial charge in [-0.05, 0) is 68.5 Å². The van der Waals surface area contributed by atoms with Gasteiger partial charge in [0.1, 0.15) is 0 Å². The Morgan fingerprint density at radius 2 is 0.656 bits per heavy atom. The van der Waals surface area contributed by atoms with Gasteiger partial charge >= 0.3 is 0 Å². The van der Waals surface area contributed by atoms with E-state index in [9.17, 15) is 0 Å². The Morgan fingerprint density at radius 3 is 0.938 bits per heavy atom. The quantitative estimate of drug-likeness (QED) is 0.278. The third kappa shape index (κ3) is 3.24. The standard InChI is InChI=1S/C31H31N/c1-30(2)26-14-6-22(7-15-26)24-10-18-28(19-11-24)32(5)29-20-12-25(13-21-29)23-8-16-27(17-9-23)31(30,3)4/h6-21H,1-5H3. The first-order valence-corrected chi connectivity index (χ1v) is 11.4. The molecule has 32 heavy (non-hydrogen) atoms. The van der Waals surface area contributed by atoms with E-state index in [1.165, 1.54) is 44.8 Å². The zero-order valence-electron chi connectivity index (χ0n) is 19.7. The monoisotopic (exact) mass is 417 g/mol. The molecule has 0 aliphatic carbocycles. The van der Waals surface area contributed by atoms with Crippen molar-refractivity contribution in [3.8, 4) is 22.3 Å². The Morgan fingerprint density at radius 1 is 0.406 bits per heavy atom. The normalized spacial score (nSPS) is 16.1. The second-order valence-electron chi connectivity index (χ2n) is 10.1. The molecule has 0 unspecified atom stereocenters. The predicted molar refractivity (Wildman–Crippen MR) is 138 cm³/mol. The topological polar surface area (TPSA) is 3.24 Å². The molecule has 7 aliphatic heterocycles. The molecule has 0 aromatic heterocycles. The van der Waals surface area contributed by atoms with Crippen LogP contribution in [0.5, 0.6) is 0 Å². The van der Waals surface area contributed by atoms with Crippen LogP contribution >= 0.6 is 0 Å². The van der Waals surface area contributed by atoms with E-state index in [-0.39, 0.29) is 10.8 Å². The third-order valence-electron chi connectivity index (χ3n) is 7.95. The molecule has 0 saturated carbocycles. The largest absolute Gasteiger partial charge is 0.345 e. The molecule has 1 nitrogen and oxygen atoms in total. The molecule has 0 saturated heterocycles. The first-order chi connectivity index (χ1) is 15.3. The summed E-state index contributed by atoms with van der Waals surface area (Å²) < 4.78 is 0. The van der Waals surface area contributed by atoms with Crippen molar-refractivity contribution in [3.63, 3.8) is 0 Å². The van der Waals surface area contributed by atoms with Crippen LogP contribution in [0.2, 0.25) is 0 Å². The van der Waals surface area contributed by atoms with Crippen molar-refractivity contribution in [1.82, 2.24) is 0 Å². The van der Waals surface area contributed by atoms with Gasteiger partial charge in [-0.25, -0.2) is 0 Å². The molecule has 7 aliphatic rings. The molecule has 4 aromatic rings. The van der Waals surface area contributed by atoms with Crippen LogP contribution in [0.1, 0.15) is 38.8 Å². The fourth-order valence-corrected chi connectivity index (χ4v) is 4.78. The lowest BCUT2D eigenvalue weighted by molar-refractivity contribution is 0.303. The van der Waals surface area contributed by atoms with Crippen molar-refractivity contribution in [3.05, 3.63) is 108 Å². The molecule has 1 heteroatoms. The predicted octanol–water partition coefficient (Wildman–Crippen LogP) is 8.36. The van der Waals surface area contributed by atoms with E-state index in [1.807, 2.05) is 0 Å². The summed E-state index contributed by atoms with van der Waals surface area (Å²) in [6.45, 7) is 9.45. The Hall–Kier alpha value is -3.32. The van der Waals surface area contributed by atoms with Gasteiger partial charge in [0, 0.05) is 18.4 Å². The maximum Gasteiger partial charge on any atom is 0.0408 e. The fourth-order valence-electron chi connectivity index (χ4n) is 4.78. The van der Waals surface area contributed by atoms with Gasteiger partial charge in [-0.3, -0.25) is 0 Å². The number of nitrogens with zero attached hydrogens (tertiary/aromatic N) is 1. The maximum absolute atomic E-state index is 2.36. The summed E-state index contributed by atoms with van der Waals surface area (Å²) in [5.41, 5.74) is 10.0. The van der Waals surface area contributed by atoms with Gasteiger partial charge in [-0.1, -0.05) is 100 Å². The molecule has 0 atom stereocenters. The average molecular weight is 418 g/mol. The number of anilines is 2. The second kappa shape index (κ2) is 7.38. The summed E-state index contributed by atoms with van der Waals surface area (Å²) in [5.74, 6) is 0. The van der Waals surface area contributed by atoms with Gasteiger partial charge in [-0.15, -0.1) is 0 Å². The summed E-state index contributed by atoms with van der Waals surface area (Å²) in [7, 11) is 2.13. The van der Waals surface area contributed by atoms with Crippen LogP contribution in [0.4, 0.5) is 11.4 Å². The van der Waals surface area contributed by atoms with Crippen molar-refractivity contribution >= 4 is 11.4 Å². The molecule has 160 valence electrons. The van der Waals surface area contributed by atoms with Gasteiger partial charge < -0.3 is 4.90 Å². The van der Waals surface area contributed by atoms with Crippen LogP contribution in [0.25, 0.3) is 22.3 Å². The third-order valence-corrected chi connectivity index (χ3v) is 7.95. The van der Waals surface area contributed by atoms with Gasteiger partial charge in [0.2, 0.25) is 0 Å². The second-order valence-corrected chi connectivity index (χ2v) is 10.1. The Kier molecular flexibility index (Phi) is 4.74. The van der Waals surface area contributed by atoms with E-state index in [0.717, 1.165) is 0 Å². The van der Waals surface area contributed by atoms with E-state index in [4.69, 9.17) is 0 Å². The van der Waals surface area contributed by atoms with Gasteiger partial charge in [0.05, 0.1) is 0 Å². The molecule has 4 aromatic carbocycles. The number of benzene rings is 4. The van der Waals surface area contributed by atoms with E-state index in [2.05, 4.69) is 137 Å². The van der Waals surface area contributed by atoms with Crippen molar-refractivity contribution in [2.45, 2.75) is 38.5 Å². The average Bonchev–Trinajstić information content (AvgIpc) is 2.83. The first-order valence-electron chi connectivity index (χ1n) is 11.4. The Bertz CT molecular complexity index is 1130. The van der Waals surface area contributed by atoms with Crippen molar-refractivity contribution in [2.75, 3.05) is 11.9 Å².